The zero-order valence-electron chi connectivity index (χ0n) is 17.6. The first-order valence-electron chi connectivity index (χ1n) is 9.83. The number of rotatable bonds is 8. The Kier molecular flexibility index (Phi) is 7.55. The summed E-state index contributed by atoms with van der Waals surface area (Å²) in [6.45, 7) is 6.18. The van der Waals surface area contributed by atoms with Gasteiger partial charge in [-0.2, -0.15) is 5.26 Å². The van der Waals surface area contributed by atoms with E-state index < -0.39 is 0 Å². The molecule has 31 heavy (non-hydrogen) atoms. The maximum Gasteiger partial charge on any atom is 0.234 e. The van der Waals surface area contributed by atoms with Gasteiger partial charge in [0.1, 0.15) is 6.07 Å². The molecule has 3 rings (SSSR count). The van der Waals surface area contributed by atoms with E-state index in [9.17, 15) is 4.79 Å². The summed E-state index contributed by atoms with van der Waals surface area (Å²) in [6.07, 6.45) is 0. The Balaban J connectivity index is 1.63. The number of aromatic nitrogens is 3. The lowest BCUT2D eigenvalue weighted by molar-refractivity contribution is -0.113. The van der Waals surface area contributed by atoms with Crippen LogP contribution in [0.4, 0.5) is 11.4 Å². The zero-order chi connectivity index (χ0) is 22.4. The molecule has 9 heteroatoms. The molecule has 1 heterocycles. The summed E-state index contributed by atoms with van der Waals surface area (Å²) in [4.78, 5) is 14.6. The minimum atomic E-state index is -0.195. The number of benzene rings is 2. The summed E-state index contributed by atoms with van der Waals surface area (Å²) in [6, 6.07) is 15.0. The lowest BCUT2D eigenvalue weighted by Gasteiger charge is -2.21. The zero-order valence-corrected chi connectivity index (χ0v) is 19.2. The minimum Gasteiger partial charge on any atom is -0.372 e. The van der Waals surface area contributed by atoms with E-state index in [0.717, 1.165) is 24.5 Å². The van der Waals surface area contributed by atoms with Gasteiger partial charge >= 0.3 is 0 Å². The summed E-state index contributed by atoms with van der Waals surface area (Å²) in [7, 11) is 1.88. The van der Waals surface area contributed by atoms with Crippen LogP contribution in [0.25, 0.3) is 11.4 Å². The van der Waals surface area contributed by atoms with Crippen molar-refractivity contribution >= 4 is 40.6 Å². The van der Waals surface area contributed by atoms with Crippen molar-refractivity contribution in [2.45, 2.75) is 19.0 Å². The van der Waals surface area contributed by atoms with Crippen molar-refractivity contribution in [3.05, 3.63) is 53.1 Å². The molecule has 0 bridgehead atoms. The maximum absolute atomic E-state index is 12.3. The molecule has 0 atom stereocenters. The third kappa shape index (κ3) is 5.37. The lowest BCUT2D eigenvalue weighted by atomic mass is 10.2. The Morgan fingerprint density at radius 3 is 2.52 bits per heavy atom. The van der Waals surface area contributed by atoms with Gasteiger partial charge in [0.25, 0.3) is 0 Å². The van der Waals surface area contributed by atoms with Crippen LogP contribution in [0.1, 0.15) is 19.4 Å². The van der Waals surface area contributed by atoms with Crippen molar-refractivity contribution < 1.29 is 4.79 Å². The number of nitrogens with one attached hydrogen (secondary N) is 1. The SMILES string of the molecule is CCN(CC)c1ccc(-c2nnc(SCC(=O)Nc3ccc(C#N)c(Cl)c3)n2C)cc1. The van der Waals surface area contributed by atoms with Crippen LogP contribution < -0.4 is 10.2 Å². The summed E-state index contributed by atoms with van der Waals surface area (Å²) in [5.74, 6) is 0.719. The summed E-state index contributed by atoms with van der Waals surface area (Å²) < 4.78 is 1.88. The van der Waals surface area contributed by atoms with E-state index in [2.05, 4.69) is 46.4 Å². The van der Waals surface area contributed by atoms with Crippen molar-refractivity contribution in [3.63, 3.8) is 0 Å². The first kappa shape index (κ1) is 22.7. The molecular formula is C22H23ClN6OS. The molecule has 0 spiro atoms. The van der Waals surface area contributed by atoms with E-state index in [0.29, 0.717) is 21.4 Å². The molecular weight excluding hydrogens is 432 g/mol. The highest BCUT2D eigenvalue weighted by atomic mass is 35.5. The Morgan fingerprint density at radius 1 is 1.19 bits per heavy atom. The maximum atomic E-state index is 12.3. The van der Waals surface area contributed by atoms with Crippen LogP contribution in [0, 0.1) is 11.3 Å². The van der Waals surface area contributed by atoms with Crippen LogP contribution in [0.15, 0.2) is 47.6 Å². The fourth-order valence-electron chi connectivity index (χ4n) is 3.11. The van der Waals surface area contributed by atoms with Gasteiger partial charge < -0.3 is 14.8 Å². The number of anilines is 2. The molecule has 1 N–H and O–H groups in total. The molecule has 0 saturated heterocycles. The normalized spacial score (nSPS) is 10.5. The molecule has 1 aromatic heterocycles. The van der Waals surface area contributed by atoms with E-state index >= 15 is 0 Å². The van der Waals surface area contributed by atoms with Gasteiger partial charge in [-0.05, 0) is 56.3 Å². The Hall–Kier alpha value is -3.02. The van der Waals surface area contributed by atoms with Crippen LogP contribution >= 0.6 is 23.4 Å². The molecule has 0 aliphatic rings. The Morgan fingerprint density at radius 2 is 1.90 bits per heavy atom. The number of thioether (sulfide) groups is 1. The quantitative estimate of drug-likeness (QED) is 0.501. The largest absolute Gasteiger partial charge is 0.372 e. The van der Waals surface area contributed by atoms with E-state index in [-0.39, 0.29) is 11.7 Å². The molecule has 0 unspecified atom stereocenters. The van der Waals surface area contributed by atoms with Gasteiger partial charge in [-0.1, -0.05) is 23.4 Å². The summed E-state index contributed by atoms with van der Waals surface area (Å²) in [5.41, 5.74) is 3.05. The highest BCUT2D eigenvalue weighted by molar-refractivity contribution is 7.99. The first-order valence-corrected chi connectivity index (χ1v) is 11.2. The van der Waals surface area contributed by atoms with Crippen LogP contribution in [-0.4, -0.2) is 39.5 Å². The van der Waals surface area contributed by atoms with E-state index in [1.54, 1.807) is 18.2 Å². The number of carbonyl (C=O) groups is 1. The molecule has 0 fully saturated rings. The second kappa shape index (κ2) is 10.3. The predicted molar refractivity (Wildman–Crippen MR) is 126 cm³/mol. The smallest absolute Gasteiger partial charge is 0.234 e. The first-order chi connectivity index (χ1) is 15.0. The number of hydrogen-bond donors (Lipinski definition) is 1. The third-order valence-corrected chi connectivity index (χ3v) is 6.13. The average Bonchev–Trinajstić information content (AvgIpc) is 3.14. The van der Waals surface area contributed by atoms with E-state index in [1.807, 2.05) is 29.8 Å². The van der Waals surface area contributed by atoms with Crippen LogP contribution in [0.3, 0.4) is 0 Å². The minimum absolute atomic E-state index is 0.171. The summed E-state index contributed by atoms with van der Waals surface area (Å²) in [5, 5.41) is 21.2. The summed E-state index contributed by atoms with van der Waals surface area (Å²) >= 11 is 7.31. The van der Waals surface area contributed by atoms with Gasteiger partial charge in [-0.25, -0.2) is 0 Å². The standard InChI is InChI=1S/C22H23ClN6OS/c1-4-29(5-2)18-10-7-15(8-11-18)21-26-27-22(28(21)3)31-14-20(30)25-17-9-6-16(13-24)19(23)12-17/h6-12H,4-5,14H2,1-3H3,(H,25,30). The van der Waals surface area contributed by atoms with Crippen LogP contribution in [-0.2, 0) is 11.8 Å². The molecule has 0 aliphatic carbocycles. The van der Waals surface area contributed by atoms with Crippen molar-refractivity contribution in [1.29, 1.82) is 5.26 Å². The highest BCUT2D eigenvalue weighted by Gasteiger charge is 2.14. The predicted octanol–water partition coefficient (Wildman–Crippen LogP) is 4.58. The second-order valence-electron chi connectivity index (χ2n) is 6.73. The molecule has 7 nitrogen and oxygen atoms in total. The second-order valence-corrected chi connectivity index (χ2v) is 8.08. The number of nitriles is 1. The monoisotopic (exact) mass is 454 g/mol. The Labute approximate surface area is 191 Å². The van der Waals surface area contributed by atoms with Gasteiger partial charge in [0.2, 0.25) is 5.91 Å². The van der Waals surface area contributed by atoms with Crippen molar-refractivity contribution in [3.8, 4) is 17.5 Å². The number of halogens is 1. The molecule has 0 aliphatic heterocycles. The molecule has 160 valence electrons. The number of amides is 1. The third-order valence-electron chi connectivity index (χ3n) is 4.79. The van der Waals surface area contributed by atoms with Gasteiger partial charge in [0.05, 0.1) is 16.3 Å². The van der Waals surface area contributed by atoms with Crippen LogP contribution in [0.5, 0.6) is 0 Å². The van der Waals surface area contributed by atoms with E-state index in [4.69, 9.17) is 16.9 Å². The fourth-order valence-corrected chi connectivity index (χ4v) is 4.05. The lowest BCUT2D eigenvalue weighted by Crippen LogP contribution is -2.21. The van der Waals surface area contributed by atoms with Gasteiger partial charge in [-0.3, -0.25) is 4.79 Å². The number of nitrogens with zero attached hydrogens (tertiary/aromatic N) is 5. The fraction of sp³-hybridized carbons (Fsp3) is 0.273. The molecule has 2 aromatic carbocycles. The molecule has 0 saturated carbocycles. The van der Waals surface area contributed by atoms with E-state index in [1.165, 1.54) is 17.4 Å². The molecule has 3 aromatic rings. The van der Waals surface area contributed by atoms with Gasteiger partial charge in [0, 0.05) is 37.1 Å². The number of carbonyl (C=O) groups excluding carboxylic acids is 1. The Bertz CT molecular complexity index is 1100. The van der Waals surface area contributed by atoms with Crippen LogP contribution in [0.2, 0.25) is 5.02 Å². The van der Waals surface area contributed by atoms with Crippen molar-refractivity contribution in [2.24, 2.45) is 7.05 Å². The topological polar surface area (TPSA) is 86.8 Å². The van der Waals surface area contributed by atoms with Crippen molar-refractivity contribution in [1.82, 2.24) is 14.8 Å². The molecule has 0 radical (unpaired) electrons. The van der Waals surface area contributed by atoms with Gasteiger partial charge in [-0.15, -0.1) is 10.2 Å². The molecule has 1 amide bonds. The number of hydrogen-bond acceptors (Lipinski definition) is 6. The average molecular weight is 455 g/mol. The highest BCUT2D eigenvalue weighted by Crippen LogP contribution is 2.25. The van der Waals surface area contributed by atoms with Crippen molar-refractivity contribution in [2.75, 3.05) is 29.1 Å². The van der Waals surface area contributed by atoms with Gasteiger partial charge in [0.15, 0.2) is 11.0 Å².